The summed E-state index contributed by atoms with van der Waals surface area (Å²) in [6, 6.07) is -1.54. The second-order valence-corrected chi connectivity index (χ2v) is 21.7. The van der Waals surface area contributed by atoms with Crippen LogP contribution in [0.5, 0.6) is 0 Å². The molecule has 0 aromatic heterocycles. The monoisotopic (exact) mass is 921 g/mol. The van der Waals surface area contributed by atoms with Gasteiger partial charge >= 0.3 is 17.9 Å². The van der Waals surface area contributed by atoms with Gasteiger partial charge in [0, 0.05) is 33.5 Å². The van der Waals surface area contributed by atoms with Gasteiger partial charge in [-0.25, -0.2) is 4.39 Å². The number of rotatable bonds is 12. The summed E-state index contributed by atoms with van der Waals surface area (Å²) in [5.74, 6) is -7.07. The molecule has 6 fully saturated rings. The highest BCUT2D eigenvalue weighted by Crippen LogP contribution is 2.71. The van der Waals surface area contributed by atoms with Crippen molar-refractivity contribution in [3.8, 4) is 0 Å². The normalized spacial score (nSPS) is 44.5. The smallest absolute Gasteiger partial charge is 0.326 e. The lowest BCUT2D eigenvalue weighted by atomic mass is 9.44. The second-order valence-electron chi connectivity index (χ2n) is 21.7. The van der Waals surface area contributed by atoms with Crippen LogP contribution in [0.25, 0.3) is 0 Å². The first-order chi connectivity index (χ1) is 30.8. The summed E-state index contributed by atoms with van der Waals surface area (Å²) in [5.41, 5.74) is -2.67. The van der Waals surface area contributed by atoms with Gasteiger partial charge < -0.3 is 40.4 Å². The molecular formula is C50H64FNO14. The van der Waals surface area contributed by atoms with Crippen molar-refractivity contribution < 1.29 is 72.6 Å². The van der Waals surface area contributed by atoms with E-state index >= 15 is 4.39 Å². The number of ether oxygens (including phenoxy) is 3. The van der Waals surface area contributed by atoms with Crippen molar-refractivity contribution in [2.45, 2.75) is 140 Å². The van der Waals surface area contributed by atoms with Crippen molar-refractivity contribution in [1.82, 2.24) is 0 Å². The maximum atomic E-state index is 17.5. The van der Waals surface area contributed by atoms with Crippen LogP contribution < -0.4 is 5.73 Å². The fraction of sp³-hybridized carbons (Fsp3) is 0.700. The third kappa shape index (κ3) is 6.92. The first-order valence-electron chi connectivity index (χ1n) is 23.5. The van der Waals surface area contributed by atoms with E-state index in [0.29, 0.717) is 37.7 Å². The number of fused-ring (bicyclic) bond motifs is 10. The topological polar surface area (TPSA) is 254 Å². The van der Waals surface area contributed by atoms with E-state index in [1.54, 1.807) is 32.9 Å². The molecule has 8 aliphatic rings. The van der Waals surface area contributed by atoms with Gasteiger partial charge in [-0.05, 0) is 113 Å². The van der Waals surface area contributed by atoms with Crippen molar-refractivity contribution in [3.63, 3.8) is 0 Å². The van der Waals surface area contributed by atoms with Gasteiger partial charge in [-0.1, -0.05) is 51.0 Å². The molecule has 0 radical (unpaired) electrons. The third-order valence-electron chi connectivity index (χ3n) is 18.7. The standard InChI is InChI=1S/C50H64FNO14/c1-26-18-34-33-9-7-28-20-30(54)13-16-45(28,3)49(33,51)37(56)22-47(34,5)50(26,63)39(58)25-66-43(61)35(52)23-64-40(59)10-11-41(60)65-24-38(57)48(62)17-14-32-31-8-6-27-19-29(53)12-15-44(27,2)42(31)36(55)21-46(32,48)4/h12-13,15-16,19-20,26,31-37,42,55-56,62-63H,6-11,14,17-18,21-25,52H2,1-5H3/t26-,31?,32?,33?,34?,35?,36+,37+,42?,44+,45+,46+,47+,48+,49+,50+/m1/s1. The predicted octanol–water partition coefficient (Wildman–Crippen LogP) is 3.22. The maximum absolute atomic E-state index is 17.5. The molecule has 0 heterocycles. The Morgan fingerprint density at radius 3 is 2.11 bits per heavy atom. The van der Waals surface area contributed by atoms with E-state index in [9.17, 15) is 54.0 Å². The molecule has 8 aliphatic carbocycles. The number of halogens is 1. The fourth-order valence-corrected chi connectivity index (χ4v) is 15.1. The van der Waals surface area contributed by atoms with Gasteiger partial charge in [0.2, 0.25) is 11.6 Å². The number of hydrogen-bond donors (Lipinski definition) is 5. The highest BCUT2D eigenvalue weighted by Gasteiger charge is 2.76. The van der Waals surface area contributed by atoms with Crippen molar-refractivity contribution in [1.29, 1.82) is 0 Å². The van der Waals surface area contributed by atoms with Crippen LogP contribution in [0.1, 0.15) is 105 Å². The summed E-state index contributed by atoms with van der Waals surface area (Å²) in [6.45, 7) is 6.54. The SMILES string of the molecule is C[C@@H]1CC2C3CCC4=CC(=O)C=C[C@]4(C)[C@@]3(F)[C@@H](O)C[C@]2(C)[C@@]1(O)C(=O)COC(=O)C(N)COC(=O)CCC(=O)OCC(=O)[C@@]1(O)CCC2C3CCC4=CC(=O)C=C[C@]4(C)C3[C@@H](O)C[C@@]21C. The van der Waals surface area contributed by atoms with E-state index in [2.05, 4.69) is 0 Å². The molecule has 16 heteroatoms. The number of allylic oxidation sites excluding steroid dienone is 8. The van der Waals surface area contributed by atoms with Crippen LogP contribution >= 0.6 is 0 Å². The van der Waals surface area contributed by atoms with Gasteiger partial charge in [-0.3, -0.25) is 33.6 Å². The summed E-state index contributed by atoms with van der Waals surface area (Å²) in [6.07, 6.45) is 8.84. The molecule has 66 heavy (non-hydrogen) atoms. The Labute approximate surface area is 383 Å². The van der Waals surface area contributed by atoms with E-state index in [1.807, 2.05) is 19.9 Å². The average Bonchev–Trinajstić information content (AvgIpc) is 3.65. The number of nitrogens with two attached hydrogens (primary N) is 1. The molecule has 0 aromatic carbocycles. The molecule has 0 bridgehead atoms. The number of aliphatic hydroxyl groups is 4. The molecule has 0 amide bonds. The first-order valence-corrected chi connectivity index (χ1v) is 23.5. The molecule has 6 saturated carbocycles. The quantitative estimate of drug-likeness (QED) is 0.139. The zero-order chi connectivity index (χ0) is 48.2. The van der Waals surface area contributed by atoms with Crippen LogP contribution in [0.4, 0.5) is 4.39 Å². The number of ketones is 4. The highest BCUT2D eigenvalue weighted by atomic mass is 19.1. The van der Waals surface area contributed by atoms with E-state index < -0.39 is 137 Å². The lowest BCUT2D eigenvalue weighted by Gasteiger charge is -2.62. The Bertz CT molecular complexity index is 2250. The lowest BCUT2D eigenvalue weighted by Crippen LogP contribution is -2.69. The lowest BCUT2D eigenvalue weighted by molar-refractivity contribution is -0.220. The molecular weight excluding hydrogens is 858 g/mol. The number of carbonyl (C=O) groups excluding carboxylic acids is 7. The minimum atomic E-state index is -2.16. The molecule has 15 nitrogen and oxygen atoms in total. The highest BCUT2D eigenvalue weighted by molar-refractivity contribution is 6.02. The predicted molar refractivity (Wildman–Crippen MR) is 231 cm³/mol. The van der Waals surface area contributed by atoms with Crippen LogP contribution in [-0.4, -0.2) is 116 Å². The van der Waals surface area contributed by atoms with Crippen molar-refractivity contribution >= 4 is 41.0 Å². The van der Waals surface area contributed by atoms with Crippen LogP contribution in [0.3, 0.4) is 0 Å². The Hall–Kier alpha value is -4.22. The summed E-state index contributed by atoms with van der Waals surface area (Å²) < 4.78 is 33.0. The molecule has 0 saturated heterocycles. The molecule has 0 spiro atoms. The summed E-state index contributed by atoms with van der Waals surface area (Å²) in [7, 11) is 0. The van der Waals surface area contributed by atoms with E-state index in [4.69, 9.17) is 19.9 Å². The van der Waals surface area contributed by atoms with E-state index in [0.717, 1.165) is 5.57 Å². The van der Waals surface area contributed by atoms with Gasteiger partial charge in [-0.15, -0.1) is 0 Å². The third-order valence-corrected chi connectivity index (χ3v) is 18.7. The van der Waals surface area contributed by atoms with E-state index in [-0.39, 0.29) is 55.0 Å². The largest absolute Gasteiger partial charge is 0.463 e. The molecule has 0 aliphatic heterocycles. The summed E-state index contributed by atoms with van der Waals surface area (Å²) in [5, 5.41) is 47.3. The zero-order valence-corrected chi connectivity index (χ0v) is 38.4. The molecule has 0 aromatic rings. The Morgan fingerprint density at radius 2 is 1.41 bits per heavy atom. The minimum absolute atomic E-state index is 0.0108. The maximum Gasteiger partial charge on any atom is 0.326 e. The van der Waals surface area contributed by atoms with Gasteiger partial charge in [0.05, 0.1) is 25.0 Å². The van der Waals surface area contributed by atoms with Crippen molar-refractivity contribution in [2.24, 2.45) is 62.9 Å². The first kappa shape index (κ1) is 48.2. The zero-order valence-electron chi connectivity index (χ0n) is 38.4. The Morgan fingerprint density at radius 1 is 0.788 bits per heavy atom. The van der Waals surface area contributed by atoms with Crippen LogP contribution in [0, 0.1) is 57.2 Å². The summed E-state index contributed by atoms with van der Waals surface area (Å²) >= 11 is 0. The van der Waals surface area contributed by atoms with Gasteiger partial charge in [-0.2, -0.15) is 0 Å². The van der Waals surface area contributed by atoms with Crippen LogP contribution in [-0.2, 0) is 47.8 Å². The molecule has 8 rings (SSSR count). The number of alkyl halides is 1. The number of Topliss-reactive ketones (excluding diaryl/α,β-unsaturated/α-hetero) is 2. The minimum Gasteiger partial charge on any atom is -0.463 e. The second kappa shape index (κ2) is 16.5. The fourth-order valence-electron chi connectivity index (χ4n) is 15.1. The Balaban J connectivity index is 0.790. The molecule has 360 valence electrons. The van der Waals surface area contributed by atoms with Gasteiger partial charge in [0.15, 0.2) is 30.4 Å². The van der Waals surface area contributed by atoms with Crippen LogP contribution in [0.15, 0.2) is 47.6 Å². The average molecular weight is 922 g/mol. The molecule has 16 atom stereocenters. The van der Waals surface area contributed by atoms with Crippen molar-refractivity contribution in [3.05, 3.63) is 47.6 Å². The number of esters is 3. The van der Waals surface area contributed by atoms with Crippen LogP contribution in [0.2, 0.25) is 0 Å². The van der Waals surface area contributed by atoms with Gasteiger partial charge in [0.1, 0.15) is 23.9 Å². The van der Waals surface area contributed by atoms with E-state index in [1.165, 1.54) is 18.2 Å². The Kier molecular flexibility index (Phi) is 12.1. The molecule has 6 N–H and O–H groups in total. The number of carbonyl (C=O) groups is 7. The van der Waals surface area contributed by atoms with Crippen molar-refractivity contribution in [2.75, 3.05) is 19.8 Å². The number of hydrogen-bond acceptors (Lipinski definition) is 15. The summed E-state index contributed by atoms with van der Waals surface area (Å²) in [4.78, 5) is 89.9. The molecule has 6 unspecified atom stereocenters. The number of aliphatic hydroxyl groups excluding tert-OH is 2. The van der Waals surface area contributed by atoms with Gasteiger partial charge in [0.25, 0.3) is 0 Å².